The molecule has 0 radical (unpaired) electrons. The van der Waals surface area contributed by atoms with Gasteiger partial charge in [0.15, 0.2) is 5.78 Å². The molecule has 0 heterocycles. The number of aliphatic hydroxyl groups is 1. The summed E-state index contributed by atoms with van der Waals surface area (Å²) in [6, 6.07) is 0. The molecule has 15 heavy (non-hydrogen) atoms. The highest BCUT2D eigenvalue weighted by atomic mass is 79.9. The smallest absolute Gasteiger partial charge is 0.319 e. The lowest BCUT2D eigenvalue weighted by Gasteiger charge is -2.09. The normalized spacial score (nSPS) is 14.4. The number of rotatable bonds is 7. The highest BCUT2D eigenvalue weighted by Gasteiger charge is 2.17. The molecule has 0 saturated heterocycles. The van der Waals surface area contributed by atoms with E-state index in [0.717, 1.165) is 0 Å². The van der Waals surface area contributed by atoms with Crippen LogP contribution in [0.4, 0.5) is 0 Å². The van der Waals surface area contributed by atoms with Crippen molar-refractivity contribution >= 4 is 43.6 Å². The largest absolute Gasteiger partial charge is 0.468 e. The van der Waals surface area contributed by atoms with E-state index in [0.29, 0.717) is 19.3 Å². The van der Waals surface area contributed by atoms with Crippen LogP contribution < -0.4 is 0 Å². The zero-order chi connectivity index (χ0) is 11.8. The third-order valence-corrected chi connectivity index (χ3v) is 3.68. The van der Waals surface area contributed by atoms with Gasteiger partial charge in [-0.05, 0) is 12.8 Å². The average Bonchev–Trinajstić information content (AvgIpc) is 2.26. The number of hydrogen-bond donors (Lipinski definition) is 1. The van der Waals surface area contributed by atoms with Crippen LogP contribution in [0.1, 0.15) is 19.3 Å². The van der Waals surface area contributed by atoms with Crippen molar-refractivity contribution in [2.45, 2.75) is 28.9 Å². The van der Waals surface area contributed by atoms with Gasteiger partial charge in [-0.3, -0.25) is 9.59 Å². The fourth-order valence-corrected chi connectivity index (χ4v) is 1.96. The third-order valence-electron chi connectivity index (χ3n) is 1.88. The molecule has 2 atom stereocenters. The van der Waals surface area contributed by atoms with E-state index in [-0.39, 0.29) is 21.4 Å². The van der Waals surface area contributed by atoms with Crippen LogP contribution >= 0.6 is 31.9 Å². The first-order valence-electron chi connectivity index (χ1n) is 4.52. The number of ketones is 1. The summed E-state index contributed by atoms with van der Waals surface area (Å²) in [5.41, 5.74) is 0. The molecule has 88 valence electrons. The van der Waals surface area contributed by atoms with E-state index in [2.05, 4.69) is 36.6 Å². The Bertz CT molecular complexity index is 198. The Balaban J connectivity index is 3.70. The molecule has 0 bridgehead atoms. The van der Waals surface area contributed by atoms with Crippen LogP contribution in [0.25, 0.3) is 0 Å². The average molecular weight is 346 g/mol. The van der Waals surface area contributed by atoms with E-state index < -0.39 is 6.61 Å². The Morgan fingerprint density at radius 2 is 1.80 bits per heavy atom. The Morgan fingerprint density at radius 3 is 2.27 bits per heavy atom. The second-order valence-corrected chi connectivity index (χ2v) is 5.22. The number of ether oxygens (including phenoxy) is 1. The predicted molar refractivity (Wildman–Crippen MR) is 63.4 cm³/mol. The number of aliphatic hydroxyl groups excluding tert-OH is 1. The summed E-state index contributed by atoms with van der Waals surface area (Å²) in [7, 11) is 1.33. The molecular formula is C9H14Br2O4. The number of Topliss-reactive ketones (excluding diaryl/α,β-unsaturated/α-hetero) is 1. The zero-order valence-electron chi connectivity index (χ0n) is 8.41. The first-order chi connectivity index (χ1) is 7.02. The topological polar surface area (TPSA) is 63.6 Å². The number of halogens is 2. The molecule has 0 fully saturated rings. The van der Waals surface area contributed by atoms with Gasteiger partial charge < -0.3 is 9.84 Å². The van der Waals surface area contributed by atoms with Crippen LogP contribution in [-0.4, -0.2) is 40.2 Å². The second-order valence-electron chi connectivity index (χ2n) is 3.01. The van der Waals surface area contributed by atoms with Gasteiger partial charge in [-0.15, -0.1) is 0 Å². The maximum absolute atomic E-state index is 11.0. The summed E-state index contributed by atoms with van der Waals surface area (Å²) >= 11 is 6.35. The van der Waals surface area contributed by atoms with Crippen molar-refractivity contribution in [2.75, 3.05) is 13.7 Å². The highest BCUT2D eigenvalue weighted by molar-refractivity contribution is 9.10. The molecule has 0 aromatic rings. The Morgan fingerprint density at radius 1 is 1.27 bits per heavy atom. The number of alkyl halides is 2. The number of carbonyl (C=O) groups is 2. The maximum atomic E-state index is 11.0. The van der Waals surface area contributed by atoms with Gasteiger partial charge in [0.1, 0.15) is 11.4 Å². The Labute approximate surface area is 106 Å². The van der Waals surface area contributed by atoms with Gasteiger partial charge in [-0.1, -0.05) is 38.3 Å². The summed E-state index contributed by atoms with van der Waals surface area (Å²) in [5.74, 6) is -0.547. The van der Waals surface area contributed by atoms with Crippen molar-refractivity contribution in [2.24, 2.45) is 0 Å². The van der Waals surface area contributed by atoms with E-state index in [4.69, 9.17) is 5.11 Å². The Hall–Kier alpha value is 0.0600. The quantitative estimate of drug-likeness (QED) is 0.560. The molecule has 0 amide bonds. The fraction of sp³-hybridized carbons (Fsp3) is 0.778. The zero-order valence-corrected chi connectivity index (χ0v) is 11.6. The van der Waals surface area contributed by atoms with Crippen molar-refractivity contribution in [1.82, 2.24) is 0 Å². The lowest BCUT2D eigenvalue weighted by molar-refractivity contribution is -0.139. The van der Waals surface area contributed by atoms with Crippen molar-refractivity contribution in [3.8, 4) is 0 Å². The minimum absolute atomic E-state index is 0.237. The molecule has 6 heteroatoms. The molecule has 0 aliphatic carbocycles. The minimum atomic E-state index is -0.454. The van der Waals surface area contributed by atoms with E-state index in [1.54, 1.807) is 0 Å². The van der Waals surface area contributed by atoms with Crippen LogP contribution in [0.5, 0.6) is 0 Å². The second kappa shape index (κ2) is 8.24. The first-order valence-corrected chi connectivity index (χ1v) is 6.35. The molecule has 0 aliphatic heterocycles. The molecule has 0 saturated carbocycles. The Kier molecular flexibility index (Phi) is 8.27. The molecule has 0 spiro atoms. The standard InChI is InChI=1S/C9H14Br2O4/c1-15-9(14)7(11)4-2-3-6(10)8(13)5-12/h6-7,12H,2-5H2,1H3. The monoisotopic (exact) mass is 344 g/mol. The van der Waals surface area contributed by atoms with Crippen molar-refractivity contribution in [3.05, 3.63) is 0 Å². The van der Waals surface area contributed by atoms with E-state index >= 15 is 0 Å². The van der Waals surface area contributed by atoms with E-state index in [1.807, 2.05) is 0 Å². The van der Waals surface area contributed by atoms with Gasteiger partial charge >= 0.3 is 5.97 Å². The summed E-state index contributed by atoms with van der Waals surface area (Å²) < 4.78 is 4.53. The number of hydrogen-bond acceptors (Lipinski definition) is 4. The van der Waals surface area contributed by atoms with Gasteiger partial charge in [0.25, 0.3) is 0 Å². The third kappa shape index (κ3) is 6.27. The number of methoxy groups -OCH3 is 1. The molecule has 1 N–H and O–H groups in total. The van der Waals surface area contributed by atoms with Crippen molar-refractivity contribution in [3.63, 3.8) is 0 Å². The van der Waals surface area contributed by atoms with Crippen molar-refractivity contribution in [1.29, 1.82) is 0 Å². The summed E-state index contributed by atoms with van der Waals surface area (Å²) in [6.07, 6.45) is 1.90. The predicted octanol–water partition coefficient (Wildman–Crippen LogP) is 1.42. The van der Waals surface area contributed by atoms with Crippen LogP contribution in [0, 0.1) is 0 Å². The molecule has 0 rings (SSSR count). The van der Waals surface area contributed by atoms with Crippen LogP contribution in [0.2, 0.25) is 0 Å². The molecule has 0 aromatic carbocycles. The fourth-order valence-electron chi connectivity index (χ4n) is 0.982. The van der Waals surface area contributed by atoms with Gasteiger partial charge in [-0.2, -0.15) is 0 Å². The molecule has 0 aliphatic rings. The lowest BCUT2D eigenvalue weighted by atomic mass is 10.1. The molecule has 4 nitrogen and oxygen atoms in total. The van der Waals surface area contributed by atoms with Gasteiger partial charge in [0, 0.05) is 0 Å². The molecular weight excluding hydrogens is 332 g/mol. The maximum Gasteiger partial charge on any atom is 0.319 e. The summed E-state index contributed by atoms with van der Waals surface area (Å²) in [4.78, 5) is 21.3. The number of carbonyl (C=O) groups excluding carboxylic acids is 2. The van der Waals surface area contributed by atoms with Crippen LogP contribution in [-0.2, 0) is 14.3 Å². The highest BCUT2D eigenvalue weighted by Crippen LogP contribution is 2.16. The van der Waals surface area contributed by atoms with Crippen LogP contribution in [0.3, 0.4) is 0 Å². The SMILES string of the molecule is COC(=O)C(Br)CCCC(Br)C(=O)CO. The summed E-state index contributed by atoms with van der Waals surface area (Å²) in [6.45, 7) is -0.454. The minimum Gasteiger partial charge on any atom is -0.468 e. The van der Waals surface area contributed by atoms with E-state index in [9.17, 15) is 9.59 Å². The van der Waals surface area contributed by atoms with Crippen molar-refractivity contribution < 1.29 is 19.4 Å². The van der Waals surface area contributed by atoms with Gasteiger partial charge in [-0.25, -0.2) is 0 Å². The number of esters is 1. The first kappa shape index (κ1) is 15.1. The summed E-state index contributed by atoms with van der Waals surface area (Å²) in [5, 5.41) is 8.58. The molecule has 0 aromatic heterocycles. The molecule has 2 unspecified atom stereocenters. The van der Waals surface area contributed by atoms with Crippen LogP contribution in [0.15, 0.2) is 0 Å². The van der Waals surface area contributed by atoms with E-state index in [1.165, 1.54) is 7.11 Å². The lowest BCUT2D eigenvalue weighted by Crippen LogP contribution is -2.19. The van der Waals surface area contributed by atoms with Gasteiger partial charge in [0.2, 0.25) is 0 Å². The van der Waals surface area contributed by atoms with Gasteiger partial charge in [0.05, 0.1) is 11.9 Å².